The molecule has 3 amide bonds. The van der Waals surface area contributed by atoms with Crippen LogP contribution in [0.4, 0.5) is 9.59 Å². The van der Waals surface area contributed by atoms with Crippen LogP contribution in [-0.2, 0) is 36.7 Å². The molecule has 5 rings (SSSR count). The second kappa shape index (κ2) is 17.3. The maximum Gasteiger partial charge on any atom is 0.407 e. The van der Waals surface area contributed by atoms with Crippen LogP contribution in [0.2, 0.25) is 5.02 Å². The number of hydrogen-bond donors (Lipinski definition) is 4. The number of halogens is 1. The third-order valence-corrected chi connectivity index (χ3v) is 9.36. The van der Waals surface area contributed by atoms with Gasteiger partial charge in [-0.3, -0.25) is 15.2 Å². The lowest BCUT2D eigenvalue weighted by Gasteiger charge is -2.34. The normalized spacial score (nSPS) is 20.2. The lowest BCUT2D eigenvalue weighted by atomic mass is 9.86. The lowest BCUT2D eigenvalue weighted by Crippen LogP contribution is -2.59. The van der Waals surface area contributed by atoms with Crippen LogP contribution in [0.5, 0.6) is 0 Å². The highest BCUT2D eigenvalue weighted by molar-refractivity contribution is 6.31. The number of fused-ring (bicyclic) bond motifs is 1. The SMILES string of the molecule is COC(=O)NC(C(=O)NN(Cc1ccccc1Cl)CC(O)C(Cc1ccc(-c2cccnc2)cc1)NC(=O)OC1COC2OCCC12)C(C)(C)C. The van der Waals surface area contributed by atoms with Crippen LogP contribution in [0.15, 0.2) is 73.1 Å². The van der Waals surface area contributed by atoms with Gasteiger partial charge in [-0.05, 0) is 52.6 Å². The quantitative estimate of drug-likeness (QED) is 0.185. The number of nitrogens with one attached hydrogen (secondary N) is 3. The van der Waals surface area contributed by atoms with Gasteiger partial charge >= 0.3 is 12.2 Å². The van der Waals surface area contributed by atoms with E-state index >= 15 is 0 Å². The standard InChI is InChI=1S/C37H46ClN5O8/c1-37(2,3)32(41-35(46)48-4)33(45)42-43(20-26-8-5-6-10-28(26)38)21-30(44)29(40-36(47)51-31-22-50-34-27(31)15-17-49-34)18-23-11-13-24(14-12-23)25-9-7-16-39-19-25/h5-14,16,19,27,29-32,34,44H,15,17-18,20-22H2,1-4H3,(H,40,47)(H,41,46)(H,42,45). The van der Waals surface area contributed by atoms with Crippen molar-refractivity contribution in [2.75, 3.05) is 26.9 Å². The van der Waals surface area contributed by atoms with E-state index in [0.29, 0.717) is 17.2 Å². The summed E-state index contributed by atoms with van der Waals surface area (Å²) in [6.07, 6.45) is 0.879. The molecule has 3 aromatic rings. The number of methoxy groups -OCH3 is 1. The van der Waals surface area contributed by atoms with Crippen LogP contribution in [0.25, 0.3) is 11.1 Å². The fourth-order valence-corrected chi connectivity index (χ4v) is 6.38. The molecule has 0 aliphatic carbocycles. The van der Waals surface area contributed by atoms with Gasteiger partial charge in [0.25, 0.3) is 5.91 Å². The lowest BCUT2D eigenvalue weighted by molar-refractivity contribution is -0.131. The zero-order valence-electron chi connectivity index (χ0n) is 29.2. The van der Waals surface area contributed by atoms with Gasteiger partial charge in [0.1, 0.15) is 12.1 Å². The number of aliphatic hydroxyl groups excluding tert-OH is 1. The molecule has 14 heteroatoms. The van der Waals surface area contributed by atoms with Gasteiger partial charge in [0.15, 0.2) is 6.29 Å². The van der Waals surface area contributed by atoms with Crippen molar-refractivity contribution in [3.05, 3.63) is 89.2 Å². The molecule has 274 valence electrons. The molecule has 1 aromatic heterocycles. The fraction of sp³-hybridized carbons (Fsp3) is 0.459. The maximum atomic E-state index is 13.7. The number of pyridine rings is 1. The van der Waals surface area contributed by atoms with Gasteiger partial charge in [-0.1, -0.05) is 80.9 Å². The maximum absolute atomic E-state index is 13.7. The zero-order valence-corrected chi connectivity index (χ0v) is 30.0. The summed E-state index contributed by atoms with van der Waals surface area (Å²) in [4.78, 5) is 43.5. The van der Waals surface area contributed by atoms with Gasteiger partial charge in [-0.25, -0.2) is 14.6 Å². The topological polar surface area (TPSA) is 161 Å². The Kier molecular flexibility index (Phi) is 12.9. The van der Waals surface area contributed by atoms with E-state index in [9.17, 15) is 19.5 Å². The number of aliphatic hydroxyl groups is 1. The van der Waals surface area contributed by atoms with Gasteiger partial charge in [-0.15, -0.1) is 0 Å². The molecule has 2 saturated heterocycles. The Labute approximate surface area is 302 Å². The van der Waals surface area contributed by atoms with Gasteiger partial charge in [0, 0.05) is 30.5 Å². The Hall–Kier alpha value is -4.27. The van der Waals surface area contributed by atoms with E-state index < -0.39 is 54.1 Å². The number of ether oxygens (including phenoxy) is 4. The monoisotopic (exact) mass is 723 g/mol. The van der Waals surface area contributed by atoms with E-state index in [4.69, 9.17) is 30.5 Å². The number of hydrazine groups is 1. The number of hydrogen-bond acceptors (Lipinski definition) is 10. The first-order valence-electron chi connectivity index (χ1n) is 16.9. The number of aromatic nitrogens is 1. The number of benzene rings is 2. The Morgan fingerprint density at radius 3 is 2.47 bits per heavy atom. The summed E-state index contributed by atoms with van der Waals surface area (Å²) in [7, 11) is 1.22. The second-order valence-electron chi connectivity index (χ2n) is 13.8. The average Bonchev–Trinajstić information content (AvgIpc) is 3.73. The highest BCUT2D eigenvalue weighted by atomic mass is 35.5. The largest absolute Gasteiger partial charge is 0.453 e. The van der Waals surface area contributed by atoms with Crippen molar-refractivity contribution >= 4 is 29.7 Å². The van der Waals surface area contributed by atoms with E-state index in [0.717, 1.165) is 23.1 Å². The third kappa shape index (κ3) is 10.4. The molecule has 6 unspecified atom stereocenters. The van der Waals surface area contributed by atoms with Crippen molar-refractivity contribution in [3.63, 3.8) is 0 Å². The molecule has 0 radical (unpaired) electrons. The summed E-state index contributed by atoms with van der Waals surface area (Å²) in [6.45, 7) is 6.15. The van der Waals surface area contributed by atoms with Crippen molar-refractivity contribution in [1.29, 1.82) is 0 Å². The molecule has 0 saturated carbocycles. The van der Waals surface area contributed by atoms with Crippen LogP contribution < -0.4 is 16.1 Å². The smallest absolute Gasteiger partial charge is 0.407 e. The number of amides is 3. The van der Waals surface area contributed by atoms with Gasteiger partial charge < -0.3 is 34.7 Å². The Bertz CT molecular complexity index is 1620. The molecule has 2 aliphatic heterocycles. The molecule has 0 spiro atoms. The van der Waals surface area contributed by atoms with E-state index in [1.165, 1.54) is 12.1 Å². The van der Waals surface area contributed by atoms with E-state index in [2.05, 4.69) is 21.0 Å². The molecule has 13 nitrogen and oxygen atoms in total. The number of carbonyl (C=O) groups excluding carboxylic acids is 3. The number of alkyl carbamates (subject to hydrolysis) is 2. The van der Waals surface area contributed by atoms with E-state index in [1.807, 2.05) is 48.5 Å². The first-order valence-corrected chi connectivity index (χ1v) is 17.3. The van der Waals surface area contributed by atoms with Gasteiger partial charge in [-0.2, -0.15) is 0 Å². The van der Waals surface area contributed by atoms with Crippen molar-refractivity contribution in [1.82, 2.24) is 26.1 Å². The predicted octanol–water partition coefficient (Wildman–Crippen LogP) is 4.47. The van der Waals surface area contributed by atoms with Crippen molar-refractivity contribution in [2.24, 2.45) is 11.3 Å². The first kappa shape index (κ1) is 38.0. The number of nitrogens with zero attached hydrogens (tertiary/aromatic N) is 2. The van der Waals surface area contributed by atoms with Crippen LogP contribution in [0, 0.1) is 11.3 Å². The number of carbonyl (C=O) groups is 3. The first-order chi connectivity index (χ1) is 24.4. The summed E-state index contributed by atoms with van der Waals surface area (Å²) >= 11 is 6.51. The molecular weight excluding hydrogens is 678 g/mol. The van der Waals surface area contributed by atoms with Gasteiger partial charge in [0.05, 0.1) is 38.4 Å². The number of rotatable bonds is 13. The van der Waals surface area contributed by atoms with Crippen molar-refractivity contribution in [2.45, 2.75) is 70.7 Å². The van der Waals surface area contributed by atoms with Crippen LogP contribution >= 0.6 is 11.6 Å². The Morgan fingerprint density at radius 2 is 1.78 bits per heavy atom. The highest BCUT2D eigenvalue weighted by Crippen LogP contribution is 2.33. The average molecular weight is 724 g/mol. The minimum atomic E-state index is -1.22. The van der Waals surface area contributed by atoms with Crippen LogP contribution in [0.3, 0.4) is 0 Å². The van der Waals surface area contributed by atoms with Crippen LogP contribution in [-0.4, -0.2) is 90.6 Å². The summed E-state index contributed by atoms with van der Waals surface area (Å²) < 4.78 is 21.8. The molecule has 3 heterocycles. The van der Waals surface area contributed by atoms with Crippen molar-refractivity contribution < 1.29 is 38.4 Å². The van der Waals surface area contributed by atoms with Crippen molar-refractivity contribution in [3.8, 4) is 11.1 Å². The Balaban J connectivity index is 1.37. The third-order valence-electron chi connectivity index (χ3n) is 8.99. The second-order valence-corrected chi connectivity index (χ2v) is 14.2. The highest BCUT2D eigenvalue weighted by Gasteiger charge is 2.44. The van der Waals surface area contributed by atoms with E-state index in [1.54, 1.807) is 45.3 Å². The molecular formula is C37H46ClN5O8. The molecule has 2 aromatic carbocycles. The summed E-state index contributed by atoms with van der Waals surface area (Å²) in [6, 6.07) is 16.9. The predicted molar refractivity (Wildman–Crippen MR) is 189 cm³/mol. The summed E-state index contributed by atoms with van der Waals surface area (Å²) in [5.74, 6) is -0.591. The zero-order chi connectivity index (χ0) is 36.5. The molecule has 51 heavy (non-hydrogen) atoms. The molecule has 2 aliphatic rings. The van der Waals surface area contributed by atoms with E-state index in [-0.39, 0.29) is 32.0 Å². The summed E-state index contributed by atoms with van der Waals surface area (Å²) in [5, 5.41) is 19.3. The summed E-state index contributed by atoms with van der Waals surface area (Å²) in [5.41, 5.74) is 5.62. The molecule has 0 bridgehead atoms. The minimum Gasteiger partial charge on any atom is -0.453 e. The molecule has 2 fully saturated rings. The van der Waals surface area contributed by atoms with Gasteiger partial charge in [0.2, 0.25) is 0 Å². The van der Waals surface area contributed by atoms with Crippen LogP contribution in [0.1, 0.15) is 38.3 Å². The molecule has 6 atom stereocenters. The minimum absolute atomic E-state index is 0.0603. The fourth-order valence-electron chi connectivity index (χ4n) is 6.18. The molecule has 4 N–H and O–H groups in total. The Morgan fingerprint density at radius 1 is 1.02 bits per heavy atom.